The van der Waals surface area contributed by atoms with Crippen LogP contribution in [-0.2, 0) is 22.6 Å². The fraction of sp³-hybridized carbons (Fsp3) is 0.368. The van der Waals surface area contributed by atoms with Gasteiger partial charge in [0.2, 0.25) is 17.7 Å². The minimum Gasteiger partial charge on any atom is -0.481 e. The van der Waals surface area contributed by atoms with E-state index in [0.29, 0.717) is 47.6 Å². The number of hydrogen-bond acceptors (Lipinski definition) is 7. The highest BCUT2D eigenvalue weighted by atomic mass is 35.5. The Bertz CT molecular complexity index is 1880. The third kappa shape index (κ3) is 7.31. The summed E-state index contributed by atoms with van der Waals surface area (Å²) in [6, 6.07) is 20.6. The van der Waals surface area contributed by atoms with Crippen LogP contribution in [0.15, 0.2) is 60.7 Å². The maximum absolute atomic E-state index is 11.6. The summed E-state index contributed by atoms with van der Waals surface area (Å²) in [5.74, 6) is 0.759. The Hall–Kier alpha value is -4.02. The molecule has 9 nitrogen and oxygen atoms in total. The van der Waals surface area contributed by atoms with Crippen molar-refractivity contribution in [1.82, 2.24) is 31.2 Å². The van der Waals surface area contributed by atoms with Crippen molar-refractivity contribution >= 4 is 35.0 Å². The summed E-state index contributed by atoms with van der Waals surface area (Å²) >= 11 is 14.3. The van der Waals surface area contributed by atoms with Crippen LogP contribution in [0.25, 0.3) is 33.6 Å². The number of halogens is 2. The van der Waals surface area contributed by atoms with Crippen molar-refractivity contribution in [2.75, 3.05) is 20.2 Å². The number of amides is 2. The lowest BCUT2D eigenvalue weighted by molar-refractivity contribution is -0.120. The molecule has 4 N–H and O–H groups in total. The van der Waals surface area contributed by atoms with Gasteiger partial charge in [0, 0.05) is 84.1 Å². The van der Waals surface area contributed by atoms with E-state index in [1.54, 1.807) is 7.11 Å². The van der Waals surface area contributed by atoms with Gasteiger partial charge in [-0.1, -0.05) is 71.7 Å². The van der Waals surface area contributed by atoms with E-state index in [9.17, 15) is 9.59 Å². The fourth-order valence-electron chi connectivity index (χ4n) is 7.15. The van der Waals surface area contributed by atoms with Gasteiger partial charge in [0.15, 0.2) is 0 Å². The lowest BCUT2D eigenvalue weighted by Gasteiger charge is -2.27. The number of nitrogens with one attached hydrogen (secondary N) is 4. The molecule has 49 heavy (non-hydrogen) atoms. The maximum Gasteiger partial charge on any atom is 0.220 e. The predicted octanol–water partition coefficient (Wildman–Crippen LogP) is 6.41. The summed E-state index contributed by atoms with van der Waals surface area (Å²) in [5.41, 5.74) is 7.98. The average Bonchev–Trinajstić information content (AvgIpc) is 3.74. The zero-order valence-corrected chi connectivity index (χ0v) is 29.0. The number of nitrogens with zero attached hydrogens (tertiary/aromatic N) is 2. The van der Waals surface area contributed by atoms with Crippen LogP contribution in [0.2, 0.25) is 10.0 Å². The van der Waals surface area contributed by atoms with Crippen LogP contribution in [0.1, 0.15) is 61.4 Å². The van der Waals surface area contributed by atoms with Gasteiger partial charge >= 0.3 is 0 Å². The molecule has 0 radical (unpaired) electrons. The first-order valence-corrected chi connectivity index (χ1v) is 17.8. The van der Waals surface area contributed by atoms with E-state index in [-0.39, 0.29) is 29.9 Å². The minimum absolute atomic E-state index is 0.105. The number of hydrogen-bond donors (Lipinski definition) is 4. The number of carbonyl (C=O) groups is 2. The lowest BCUT2D eigenvalue weighted by atomic mass is 9.90. The van der Waals surface area contributed by atoms with Gasteiger partial charge in [-0.3, -0.25) is 14.6 Å². The van der Waals surface area contributed by atoms with Crippen LogP contribution in [0.4, 0.5) is 0 Å². The summed E-state index contributed by atoms with van der Waals surface area (Å²) in [7, 11) is 1.61. The SMILES string of the molecule is COc1nc(-c2cccc(-c3cccc(-c4ccc5c(n4)CCC[C@@H]5NC[C@H]4CCC(=O)N4)c3Cl)c2Cl)ccc1CNC[C@H]1CCC(=O)N1. The minimum atomic E-state index is 0.105. The van der Waals surface area contributed by atoms with Gasteiger partial charge in [0.05, 0.1) is 28.5 Å². The standard InChI is InChI=1S/C38H40Cl2N6O3/c1-49-38-22(19-41-20-23-12-17-34(47)43-23)11-15-33(46-38)29-8-3-6-26(37(29)40)25-5-2-7-28(36(25)39)32-16-14-27-30(9-4-10-31(27)45-32)42-21-24-13-18-35(48)44-24/h2-3,5-8,11,14-16,23-24,30,41-42H,4,9-10,12-13,17-21H2,1H3,(H,43,47)(H,44,48)/t23-,24-,30+/m1/s1. The molecule has 0 saturated carbocycles. The van der Waals surface area contributed by atoms with E-state index in [1.165, 1.54) is 5.56 Å². The number of benzene rings is 2. The highest BCUT2D eigenvalue weighted by Gasteiger charge is 2.26. The van der Waals surface area contributed by atoms with Crippen molar-refractivity contribution < 1.29 is 14.3 Å². The molecule has 0 unspecified atom stereocenters. The van der Waals surface area contributed by atoms with Crippen molar-refractivity contribution in [2.24, 2.45) is 0 Å². The van der Waals surface area contributed by atoms with Gasteiger partial charge in [-0.15, -0.1) is 0 Å². The summed E-state index contributed by atoms with van der Waals surface area (Å²) in [4.78, 5) is 33.1. The van der Waals surface area contributed by atoms with Crippen LogP contribution in [-0.4, -0.2) is 54.1 Å². The maximum atomic E-state index is 11.6. The first kappa shape index (κ1) is 33.5. The molecule has 3 atom stereocenters. The zero-order chi connectivity index (χ0) is 33.9. The Morgan fingerprint density at radius 2 is 1.37 bits per heavy atom. The van der Waals surface area contributed by atoms with Crippen LogP contribution >= 0.6 is 23.2 Å². The Morgan fingerprint density at radius 1 is 0.755 bits per heavy atom. The number of aryl methyl sites for hydroxylation is 1. The van der Waals surface area contributed by atoms with Gasteiger partial charge in [0.25, 0.3) is 0 Å². The zero-order valence-electron chi connectivity index (χ0n) is 27.5. The largest absolute Gasteiger partial charge is 0.481 e. The molecular weight excluding hydrogens is 659 g/mol. The molecule has 2 fully saturated rings. The van der Waals surface area contributed by atoms with E-state index in [1.807, 2.05) is 48.5 Å². The summed E-state index contributed by atoms with van der Waals surface area (Å²) in [5, 5.41) is 14.2. The third-order valence-electron chi connectivity index (χ3n) is 9.75. The smallest absolute Gasteiger partial charge is 0.220 e. The first-order chi connectivity index (χ1) is 23.9. The number of rotatable bonds is 11. The van der Waals surface area contributed by atoms with Crippen molar-refractivity contribution in [2.45, 2.75) is 69.6 Å². The molecule has 7 rings (SSSR count). The van der Waals surface area contributed by atoms with Gasteiger partial charge in [-0.2, -0.15) is 0 Å². The first-order valence-electron chi connectivity index (χ1n) is 17.0. The summed E-state index contributed by atoms with van der Waals surface area (Å²) in [6.07, 6.45) is 5.91. The Labute approximate surface area is 296 Å². The molecule has 0 bridgehead atoms. The molecule has 2 aromatic heterocycles. The molecule has 2 saturated heterocycles. The predicted molar refractivity (Wildman–Crippen MR) is 193 cm³/mol. The molecule has 4 heterocycles. The van der Waals surface area contributed by atoms with Crippen LogP contribution in [0, 0.1) is 0 Å². The molecule has 254 valence electrons. The average molecular weight is 700 g/mol. The second-order valence-corrected chi connectivity index (χ2v) is 13.8. The van der Waals surface area contributed by atoms with Gasteiger partial charge in [-0.05, 0) is 49.8 Å². The van der Waals surface area contributed by atoms with Crippen molar-refractivity contribution in [3.63, 3.8) is 0 Å². The van der Waals surface area contributed by atoms with E-state index in [2.05, 4.69) is 33.4 Å². The molecule has 1 aliphatic carbocycles. The van der Waals surface area contributed by atoms with Crippen molar-refractivity contribution in [3.05, 3.63) is 87.5 Å². The lowest BCUT2D eigenvalue weighted by Crippen LogP contribution is -2.38. The number of carbonyl (C=O) groups excluding carboxylic acids is 2. The van der Waals surface area contributed by atoms with Crippen LogP contribution in [0.5, 0.6) is 5.88 Å². The normalized spacial score (nSPS) is 20.2. The molecule has 0 spiro atoms. The second-order valence-electron chi connectivity index (χ2n) is 13.0. The third-order valence-corrected chi connectivity index (χ3v) is 10.6. The van der Waals surface area contributed by atoms with E-state index >= 15 is 0 Å². The molecule has 2 amide bonds. The second kappa shape index (κ2) is 14.8. The van der Waals surface area contributed by atoms with Crippen molar-refractivity contribution in [3.8, 4) is 39.5 Å². The highest BCUT2D eigenvalue weighted by Crippen LogP contribution is 2.42. The number of ether oxygens (including phenoxy) is 1. The topological polar surface area (TPSA) is 117 Å². The highest BCUT2D eigenvalue weighted by molar-refractivity contribution is 6.39. The Morgan fingerprint density at radius 3 is 2.00 bits per heavy atom. The van der Waals surface area contributed by atoms with E-state index < -0.39 is 0 Å². The molecule has 3 aliphatic rings. The monoisotopic (exact) mass is 698 g/mol. The van der Waals surface area contributed by atoms with Crippen LogP contribution < -0.4 is 26.0 Å². The molecule has 4 aromatic rings. The van der Waals surface area contributed by atoms with Gasteiger partial charge in [0.1, 0.15) is 0 Å². The number of pyridine rings is 2. The van der Waals surface area contributed by atoms with Crippen molar-refractivity contribution in [1.29, 1.82) is 0 Å². The van der Waals surface area contributed by atoms with Gasteiger partial charge in [-0.25, -0.2) is 4.98 Å². The quantitative estimate of drug-likeness (QED) is 0.143. The molecular formula is C38H40Cl2N6O3. The molecule has 2 aliphatic heterocycles. The van der Waals surface area contributed by atoms with Gasteiger partial charge < -0.3 is 26.0 Å². The number of methoxy groups -OCH3 is 1. The van der Waals surface area contributed by atoms with E-state index in [0.717, 1.165) is 77.9 Å². The number of aromatic nitrogens is 2. The Kier molecular flexibility index (Phi) is 10.1. The van der Waals surface area contributed by atoms with Crippen LogP contribution in [0.3, 0.4) is 0 Å². The van der Waals surface area contributed by atoms with E-state index in [4.69, 9.17) is 37.9 Å². The number of fused-ring (bicyclic) bond motifs is 1. The summed E-state index contributed by atoms with van der Waals surface area (Å²) < 4.78 is 5.66. The fourth-order valence-corrected chi connectivity index (χ4v) is 7.80. The molecule has 11 heteroatoms. The summed E-state index contributed by atoms with van der Waals surface area (Å²) in [6.45, 7) is 2.01. The molecule has 2 aromatic carbocycles. The Balaban J connectivity index is 1.10.